The van der Waals surface area contributed by atoms with Gasteiger partial charge in [0.2, 0.25) is 17.7 Å². The highest BCUT2D eigenvalue weighted by Gasteiger charge is 2.31. The maximum Gasteiger partial charge on any atom is 0.243 e. The van der Waals surface area contributed by atoms with Crippen molar-refractivity contribution in [3.05, 3.63) is 60.2 Å². The van der Waals surface area contributed by atoms with Crippen molar-refractivity contribution in [3.8, 4) is 5.75 Å². The van der Waals surface area contributed by atoms with E-state index in [4.69, 9.17) is 4.74 Å². The quantitative estimate of drug-likeness (QED) is 0.565. The first-order valence-electron chi connectivity index (χ1n) is 11.0. The van der Waals surface area contributed by atoms with E-state index in [2.05, 4.69) is 10.6 Å². The Kier molecular flexibility index (Phi) is 8.25. The van der Waals surface area contributed by atoms with Crippen LogP contribution in [-0.4, -0.2) is 49.4 Å². The van der Waals surface area contributed by atoms with Crippen LogP contribution in [-0.2, 0) is 14.4 Å². The summed E-state index contributed by atoms with van der Waals surface area (Å²) < 4.78 is 5.09. The van der Waals surface area contributed by atoms with E-state index in [-0.39, 0.29) is 36.7 Å². The molecule has 32 heavy (non-hydrogen) atoms. The Morgan fingerprint density at radius 1 is 1.03 bits per heavy atom. The fourth-order valence-corrected chi connectivity index (χ4v) is 3.59. The molecule has 0 bridgehead atoms. The lowest BCUT2D eigenvalue weighted by Gasteiger charge is -2.27. The summed E-state index contributed by atoms with van der Waals surface area (Å²) in [6, 6.07) is 16.6. The van der Waals surface area contributed by atoms with E-state index in [1.807, 2.05) is 37.3 Å². The number of carbonyl (C=O) groups excluding carboxylic acids is 3. The van der Waals surface area contributed by atoms with Crippen molar-refractivity contribution >= 4 is 23.4 Å². The van der Waals surface area contributed by atoms with Gasteiger partial charge in [-0.3, -0.25) is 14.4 Å². The number of rotatable bonds is 11. The normalized spacial score (nSPS) is 13.7. The van der Waals surface area contributed by atoms with Crippen LogP contribution in [0.2, 0.25) is 0 Å². The van der Waals surface area contributed by atoms with Crippen LogP contribution in [0.5, 0.6) is 5.75 Å². The smallest absolute Gasteiger partial charge is 0.243 e. The number of amides is 3. The topological polar surface area (TPSA) is 87.7 Å². The SMILES string of the molecule is CCC(C(=O)N(CC(=O)NCC(=O)Nc1ccc(OC)cc1)CC1CC1)c1ccccc1. The third kappa shape index (κ3) is 6.83. The monoisotopic (exact) mass is 437 g/mol. The van der Waals surface area contributed by atoms with Crippen LogP contribution in [0.15, 0.2) is 54.6 Å². The van der Waals surface area contributed by atoms with Gasteiger partial charge in [-0.15, -0.1) is 0 Å². The minimum Gasteiger partial charge on any atom is -0.497 e. The number of ether oxygens (including phenoxy) is 1. The molecule has 0 spiro atoms. The molecule has 0 radical (unpaired) electrons. The molecule has 170 valence electrons. The third-order valence-electron chi connectivity index (χ3n) is 5.55. The average Bonchev–Trinajstić information content (AvgIpc) is 3.63. The zero-order valence-corrected chi connectivity index (χ0v) is 18.7. The van der Waals surface area contributed by atoms with Crippen LogP contribution in [0.4, 0.5) is 5.69 Å². The molecule has 1 unspecified atom stereocenters. The van der Waals surface area contributed by atoms with E-state index in [1.165, 1.54) is 0 Å². The molecule has 1 aliphatic rings. The summed E-state index contributed by atoms with van der Waals surface area (Å²) in [6.07, 6.45) is 2.82. The number of hydrogen-bond acceptors (Lipinski definition) is 4. The average molecular weight is 438 g/mol. The highest BCUT2D eigenvalue weighted by molar-refractivity contribution is 5.95. The summed E-state index contributed by atoms with van der Waals surface area (Å²) in [5.41, 5.74) is 1.57. The molecule has 0 heterocycles. The van der Waals surface area contributed by atoms with Gasteiger partial charge in [0.1, 0.15) is 5.75 Å². The Labute approximate surface area is 189 Å². The molecule has 7 nitrogen and oxygen atoms in total. The molecular formula is C25H31N3O4. The van der Waals surface area contributed by atoms with Gasteiger partial charge in [-0.2, -0.15) is 0 Å². The molecule has 1 aliphatic carbocycles. The molecule has 1 atom stereocenters. The first-order chi connectivity index (χ1) is 15.5. The fraction of sp³-hybridized carbons (Fsp3) is 0.400. The minimum atomic E-state index is -0.341. The maximum atomic E-state index is 13.3. The van der Waals surface area contributed by atoms with Crippen molar-refractivity contribution in [1.29, 1.82) is 0 Å². The van der Waals surface area contributed by atoms with E-state index in [1.54, 1.807) is 36.3 Å². The van der Waals surface area contributed by atoms with Crippen LogP contribution >= 0.6 is 0 Å². The Bertz CT molecular complexity index is 911. The van der Waals surface area contributed by atoms with Gasteiger partial charge in [0.05, 0.1) is 26.1 Å². The van der Waals surface area contributed by atoms with Crippen molar-refractivity contribution in [2.75, 3.05) is 32.1 Å². The minimum absolute atomic E-state index is 0.0385. The Hall–Kier alpha value is -3.35. The number of nitrogens with one attached hydrogen (secondary N) is 2. The molecule has 1 fully saturated rings. The summed E-state index contributed by atoms with van der Waals surface area (Å²) in [5, 5.41) is 5.36. The second kappa shape index (κ2) is 11.3. The van der Waals surface area contributed by atoms with Gasteiger partial charge < -0.3 is 20.3 Å². The standard InChI is InChI=1S/C25H31N3O4/c1-3-22(19-7-5-4-6-8-19)25(31)28(16-18-9-10-18)17-24(30)26-15-23(29)27-20-11-13-21(32-2)14-12-20/h4-8,11-14,18,22H,3,9-10,15-17H2,1-2H3,(H,26,30)(H,27,29). The van der Waals surface area contributed by atoms with Gasteiger partial charge >= 0.3 is 0 Å². The largest absolute Gasteiger partial charge is 0.497 e. The molecule has 2 N–H and O–H groups in total. The summed E-state index contributed by atoms with van der Waals surface area (Å²) in [6.45, 7) is 2.35. The van der Waals surface area contributed by atoms with E-state index in [9.17, 15) is 14.4 Å². The molecule has 0 aromatic heterocycles. The predicted octanol–water partition coefficient (Wildman–Crippen LogP) is 3.18. The third-order valence-corrected chi connectivity index (χ3v) is 5.55. The van der Waals surface area contributed by atoms with E-state index in [0.717, 1.165) is 18.4 Å². The van der Waals surface area contributed by atoms with Gasteiger partial charge in [-0.1, -0.05) is 37.3 Å². The van der Waals surface area contributed by atoms with Crippen LogP contribution in [0.3, 0.4) is 0 Å². The van der Waals surface area contributed by atoms with Crippen LogP contribution in [0.25, 0.3) is 0 Å². The van der Waals surface area contributed by atoms with Crippen LogP contribution < -0.4 is 15.4 Å². The van der Waals surface area contributed by atoms with Gasteiger partial charge in [-0.05, 0) is 55.0 Å². The summed E-state index contributed by atoms with van der Waals surface area (Å²) in [7, 11) is 1.57. The second-order valence-electron chi connectivity index (χ2n) is 8.09. The number of nitrogens with zero attached hydrogens (tertiary/aromatic N) is 1. The van der Waals surface area contributed by atoms with E-state index >= 15 is 0 Å². The van der Waals surface area contributed by atoms with Crippen molar-refractivity contribution in [3.63, 3.8) is 0 Å². The van der Waals surface area contributed by atoms with Crippen LogP contribution in [0.1, 0.15) is 37.7 Å². The Balaban J connectivity index is 1.54. The molecule has 2 aromatic rings. The van der Waals surface area contributed by atoms with Gasteiger partial charge in [-0.25, -0.2) is 0 Å². The fourth-order valence-electron chi connectivity index (χ4n) is 3.59. The Morgan fingerprint density at radius 2 is 1.72 bits per heavy atom. The highest BCUT2D eigenvalue weighted by atomic mass is 16.5. The van der Waals surface area contributed by atoms with Gasteiger partial charge in [0.25, 0.3) is 0 Å². The zero-order chi connectivity index (χ0) is 22.9. The van der Waals surface area contributed by atoms with Crippen molar-refractivity contribution in [2.24, 2.45) is 5.92 Å². The molecule has 0 aliphatic heterocycles. The first-order valence-corrected chi connectivity index (χ1v) is 11.0. The molecule has 3 rings (SSSR count). The summed E-state index contributed by atoms with van der Waals surface area (Å²) >= 11 is 0. The number of benzene rings is 2. The van der Waals surface area contributed by atoms with Gasteiger partial charge in [0.15, 0.2) is 0 Å². The molecular weight excluding hydrogens is 406 g/mol. The molecule has 3 amide bonds. The number of methoxy groups -OCH3 is 1. The first kappa shape index (κ1) is 23.3. The zero-order valence-electron chi connectivity index (χ0n) is 18.7. The second-order valence-corrected chi connectivity index (χ2v) is 8.09. The van der Waals surface area contributed by atoms with E-state index in [0.29, 0.717) is 30.3 Å². The molecule has 0 saturated heterocycles. The Morgan fingerprint density at radius 3 is 2.31 bits per heavy atom. The summed E-state index contributed by atoms with van der Waals surface area (Å²) in [5.74, 6) is 0.159. The lowest BCUT2D eigenvalue weighted by molar-refractivity contribution is -0.137. The number of anilines is 1. The van der Waals surface area contributed by atoms with Crippen molar-refractivity contribution in [1.82, 2.24) is 10.2 Å². The number of hydrogen-bond donors (Lipinski definition) is 2. The van der Waals surface area contributed by atoms with Crippen molar-refractivity contribution in [2.45, 2.75) is 32.1 Å². The lowest BCUT2D eigenvalue weighted by atomic mass is 9.95. The number of carbonyl (C=O) groups is 3. The molecule has 7 heteroatoms. The van der Waals surface area contributed by atoms with E-state index < -0.39 is 0 Å². The predicted molar refractivity (Wildman–Crippen MR) is 123 cm³/mol. The van der Waals surface area contributed by atoms with Crippen LogP contribution in [0, 0.1) is 5.92 Å². The molecule has 2 aromatic carbocycles. The lowest BCUT2D eigenvalue weighted by Crippen LogP contribution is -2.45. The maximum absolute atomic E-state index is 13.3. The highest BCUT2D eigenvalue weighted by Crippen LogP contribution is 2.31. The molecule has 1 saturated carbocycles. The van der Waals surface area contributed by atoms with Crippen molar-refractivity contribution < 1.29 is 19.1 Å². The summed E-state index contributed by atoms with van der Waals surface area (Å²) in [4.78, 5) is 39.6. The van der Waals surface area contributed by atoms with Gasteiger partial charge in [0, 0.05) is 12.2 Å².